The van der Waals surface area contributed by atoms with Crippen LogP contribution in [0.4, 0.5) is 0 Å². The van der Waals surface area contributed by atoms with Crippen molar-refractivity contribution in [2.24, 2.45) is 0 Å². The van der Waals surface area contributed by atoms with Crippen LogP contribution in [0.1, 0.15) is 5.69 Å². The molecule has 0 unspecified atom stereocenters. The normalized spacial score (nSPS) is 17.6. The summed E-state index contributed by atoms with van der Waals surface area (Å²) in [7, 11) is -3.64. The zero-order valence-electron chi connectivity index (χ0n) is 9.04. The molecule has 0 bridgehead atoms. The van der Waals surface area contributed by atoms with E-state index in [9.17, 15) is 8.42 Å². The van der Waals surface area contributed by atoms with Gasteiger partial charge >= 0.3 is 0 Å². The molecule has 1 fully saturated rings. The van der Waals surface area contributed by atoms with E-state index in [-0.39, 0.29) is 10.6 Å². The van der Waals surface area contributed by atoms with Gasteiger partial charge in [0.15, 0.2) is 5.69 Å². The monoisotopic (exact) mass is 253 g/mol. The minimum absolute atomic E-state index is 0.0376. The topological polar surface area (TPSA) is 83.3 Å². The zero-order valence-corrected chi connectivity index (χ0v) is 9.85. The lowest BCUT2D eigenvalue weighted by molar-refractivity contribution is 0.0730. The van der Waals surface area contributed by atoms with E-state index in [0.29, 0.717) is 26.3 Å². The van der Waals surface area contributed by atoms with Gasteiger partial charge in [-0.05, 0) is 12.1 Å². The summed E-state index contributed by atoms with van der Waals surface area (Å²) in [5.41, 5.74) is -0.0704. The number of ether oxygens (including phenoxy) is 1. The molecule has 7 heteroatoms. The Bertz CT molecular complexity index is 544. The number of hydrogen-bond donors (Lipinski definition) is 0. The van der Waals surface area contributed by atoms with E-state index >= 15 is 0 Å². The number of nitrogens with zero attached hydrogens (tertiary/aromatic N) is 3. The van der Waals surface area contributed by atoms with Gasteiger partial charge in [0.25, 0.3) is 0 Å². The average Bonchev–Trinajstić information content (AvgIpc) is 2.39. The van der Waals surface area contributed by atoms with E-state index < -0.39 is 10.0 Å². The number of rotatable bonds is 2. The summed E-state index contributed by atoms with van der Waals surface area (Å²) in [5.74, 6) is 0. The zero-order chi connectivity index (χ0) is 12.3. The van der Waals surface area contributed by atoms with Gasteiger partial charge in [0.2, 0.25) is 10.0 Å². The number of pyridine rings is 1. The maximum atomic E-state index is 12.2. The summed E-state index contributed by atoms with van der Waals surface area (Å²) in [6, 6.07) is 4.70. The third kappa shape index (κ3) is 2.29. The summed E-state index contributed by atoms with van der Waals surface area (Å²) >= 11 is 0. The van der Waals surface area contributed by atoms with Crippen molar-refractivity contribution in [1.82, 2.24) is 9.29 Å². The van der Waals surface area contributed by atoms with E-state index in [0.717, 1.165) is 0 Å². The van der Waals surface area contributed by atoms with Crippen LogP contribution in [0.3, 0.4) is 0 Å². The minimum atomic E-state index is -3.64. The smallest absolute Gasteiger partial charge is 0.246 e. The molecule has 17 heavy (non-hydrogen) atoms. The Hall–Kier alpha value is -1.49. The lowest BCUT2D eigenvalue weighted by atomic mass is 10.4. The molecule has 0 atom stereocenters. The Morgan fingerprint density at radius 2 is 2.12 bits per heavy atom. The van der Waals surface area contributed by atoms with E-state index in [1.165, 1.54) is 22.6 Å². The molecule has 1 saturated heterocycles. The predicted molar refractivity (Wildman–Crippen MR) is 58.5 cm³/mol. The van der Waals surface area contributed by atoms with Gasteiger partial charge in [-0.3, -0.25) is 0 Å². The van der Waals surface area contributed by atoms with Crippen LogP contribution in [0.2, 0.25) is 0 Å². The quantitative estimate of drug-likeness (QED) is 0.739. The Morgan fingerprint density at radius 3 is 2.76 bits per heavy atom. The summed E-state index contributed by atoms with van der Waals surface area (Å²) in [4.78, 5) is 3.72. The molecule has 0 aliphatic carbocycles. The van der Waals surface area contributed by atoms with E-state index in [4.69, 9.17) is 10.00 Å². The molecule has 0 saturated carbocycles. The maximum absolute atomic E-state index is 12.2. The molecule has 1 aromatic heterocycles. The van der Waals surface area contributed by atoms with Gasteiger partial charge in [-0.1, -0.05) is 0 Å². The first-order chi connectivity index (χ1) is 8.16. The molecule has 1 aliphatic heterocycles. The van der Waals surface area contributed by atoms with Crippen LogP contribution in [-0.2, 0) is 14.8 Å². The Labute approximate surface area is 99.5 Å². The molecule has 0 spiro atoms. The summed E-state index contributed by atoms with van der Waals surface area (Å²) in [6.07, 6.45) is 1.40. The van der Waals surface area contributed by atoms with Crippen LogP contribution < -0.4 is 0 Å². The number of hydrogen-bond acceptors (Lipinski definition) is 5. The molecule has 2 heterocycles. The number of aromatic nitrogens is 1. The van der Waals surface area contributed by atoms with Gasteiger partial charge < -0.3 is 4.74 Å². The van der Waals surface area contributed by atoms with Gasteiger partial charge in [0, 0.05) is 19.3 Å². The Balaban J connectivity index is 2.41. The lowest BCUT2D eigenvalue weighted by Crippen LogP contribution is -2.40. The van der Waals surface area contributed by atoms with Gasteiger partial charge in [-0.15, -0.1) is 0 Å². The van der Waals surface area contributed by atoms with Gasteiger partial charge in [0.1, 0.15) is 11.0 Å². The summed E-state index contributed by atoms with van der Waals surface area (Å²) in [5, 5.41) is 8.86. The molecule has 0 aromatic carbocycles. The van der Waals surface area contributed by atoms with Crippen molar-refractivity contribution in [3.63, 3.8) is 0 Å². The van der Waals surface area contributed by atoms with Crippen LogP contribution in [0.25, 0.3) is 0 Å². The second-order valence-electron chi connectivity index (χ2n) is 3.48. The maximum Gasteiger partial charge on any atom is 0.246 e. The third-order valence-corrected chi connectivity index (χ3v) is 4.39. The number of sulfonamides is 1. The van der Waals surface area contributed by atoms with Crippen LogP contribution in [0.5, 0.6) is 0 Å². The van der Waals surface area contributed by atoms with Crippen LogP contribution in [0, 0.1) is 11.3 Å². The fourth-order valence-electron chi connectivity index (χ4n) is 1.61. The van der Waals surface area contributed by atoms with Crippen molar-refractivity contribution in [3.8, 4) is 6.07 Å². The van der Waals surface area contributed by atoms with Gasteiger partial charge in [0.05, 0.1) is 13.2 Å². The summed E-state index contributed by atoms with van der Waals surface area (Å²) in [6.45, 7) is 1.37. The van der Waals surface area contributed by atoms with Crippen LogP contribution >= 0.6 is 0 Å². The van der Waals surface area contributed by atoms with Crippen molar-refractivity contribution >= 4 is 10.0 Å². The van der Waals surface area contributed by atoms with E-state index in [2.05, 4.69) is 4.98 Å². The van der Waals surface area contributed by atoms with Gasteiger partial charge in [-0.2, -0.15) is 9.57 Å². The van der Waals surface area contributed by atoms with E-state index in [1.54, 1.807) is 6.07 Å². The highest BCUT2D eigenvalue weighted by atomic mass is 32.2. The highest BCUT2D eigenvalue weighted by molar-refractivity contribution is 7.89. The predicted octanol–water partition coefficient (Wildman–Crippen LogP) is -0.0258. The molecule has 6 nitrogen and oxygen atoms in total. The van der Waals surface area contributed by atoms with Crippen molar-refractivity contribution < 1.29 is 13.2 Å². The van der Waals surface area contributed by atoms with Crippen LogP contribution in [-0.4, -0.2) is 44.0 Å². The molecule has 1 aliphatic rings. The molecule has 1 aromatic rings. The van der Waals surface area contributed by atoms with Crippen LogP contribution in [0.15, 0.2) is 23.2 Å². The molecule has 0 amide bonds. The lowest BCUT2D eigenvalue weighted by Gasteiger charge is -2.26. The van der Waals surface area contributed by atoms with Gasteiger partial charge in [-0.25, -0.2) is 13.4 Å². The first-order valence-corrected chi connectivity index (χ1v) is 6.53. The highest BCUT2D eigenvalue weighted by Crippen LogP contribution is 2.18. The molecule has 0 radical (unpaired) electrons. The van der Waals surface area contributed by atoms with Crippen molar-refractivity contribution in [2.75, 3.05) is 26.3 Å². The SMILES string of the molecule is N#Cc1ncccc1S(=O)(=O)N1CCOCC1. The first-order valence-electron chi connectivity index (χ1n) is 5.09. The fraction of sp³-hybridized carbons (Fsp3) is 0.400. The molecule has 0 N–H and O–H groups in total. The molecule has 2 rings (SSSR count). The number of morpholine rings is 1. The number of nitriles is 1. The van der Waals surface area contributed by atoms with Crippen molar-refractivity contribution in [3.05, 3.63) is 24.0 Å². The molecule has 90 valence electrons. The standard InChI is InChI=1S/C10H11N3O3S/c11-8-9-10(2-1-3-12-9)17(14,15)13-4-6-16-7-5-13/h1-3H,4-7H2. The first kappa shape index (κ1) is 12.0. The van der Waals surface area contributed by atoms with Crippen molar-refractivity contribution in [2.45, 2.75) is 4.90 Å². The Kier molecular flexibility index (Phi) is 3.38. The van der Waals surface area contributed by atoms with Crippen molar-refractivity contribution in [1.29, 1.82) is 5.26 Å². The molecular weight excluding hydrogens is 242 g/mol. The third-order valence-electron chi connectivity index (χ3n) is 2.46. The fourth-order valence-corrected chi connectivity index (χ4v) is 3.11. The average molecular weight is 253 g/mol. The summed E-state index contributed by atoms with van der Waals surface area (Å²) < 4.78 is 30.9. The molecular formula is C10H11N3O3S. The Morgan fingerprint density at radius 1 is 1.41 bits per heavy atom. The largest absolute Gasteiger partial charge is 0.379 e. The second kappa shape index (κ2) is 4.79. The minimum Gasteiger partial charge on any atom is -0.379 e. The second-order valence-corrected chi connectivity index (χ2v) is 5.38. The highest BCUT2D eigenvalue weighted by Gasteiger charge is 2.28. The van der Waals surface area contributed by atoms with E-state index in [1.807, 2.05) is 0 Å².